The molecule has 9 radical (unpaired) electrons. The average molecular weight is 943 g/mol. The normalized spacial score (nSPS) is 11.0. The van der Waals surface area contributed by atoms with Crippen molar-refractivity contribution in [2.75, 3.05) is 40.8 Å². The molecule has 0 aromatic rings. The van der Waals surface area contributed by atoms with Crippen LogP contribution in [0.4, 0.5) is 0 Å². The van der Waals surface area contributed by atoms with E-state index in [1.807, 2.05) is 0 Å². The minimum Gasteiger partial charge on any atom is -0.481 e. The second kappa shape index (κ2) is 33.0. The van der Waals surface area contributed by atoms with Gasteiger partial charge in [0.1, 0.15) is 11.2 Å². The summed E-state index contributed by atoms with van der Waals surface area (Å²) >= 11 is 0. The molecule has 0 spiro atoms. The first-order chi connectivity index (χ1) is 26.5. The predicted molar refractivity (Wildman–Crippen MR) is 266 cm³/mol. The topological polar surface area (TPSA) is 305 Å². The Labute approximate surface area is 404 Å². The molecule has 6 amide bonds. The summed E-state index contributed by atoms with van der Waals surface area (Å²) in [6, 6.07) is 0. The number of carbonyl (C=O) groups excluding carboxylic acids is 8. The Bertz CT molecular complexity index is 1530. The number of ether oxygens (including phenoxy) is 2. The number of likely N-dealkylation sites (N-methyl/N-ethyl adjacent to an activating group) is 3. The van der Waals surface area contributed by atoms with Crippen LogP contribution in [-0.2, 0) is 52.6 Å². The Balaban J connectivity index is -0.0000000808. The van der Waals surface area contributed by atoms with Gasteiger partial charge in [0.05, 0.1) is 52.1 Å². The number of nitrogens with one attached hydrogen (secondary N) is 5. The second-order valence-corrected chi connectivity index (χ2v) is 19.0. The minimum atomic E-state index is -1.17. The van der Waals surface area contributed by atoms with Crippen LogP contribution in [0.3, 0.4) is 0 Å². The molecular weight excluding hydrogens is 851 g/mol. The Morgan fingerprint density at radius 1 is 0.439 bits per heavy atom. The van der Waals surface area contributed by atoms with Crippen LogP contribution in [0.2, 0.25) is 0 Å². The molecule has 383 valence electrons. The monoisotopic (exact) mass is 943 g/mol. The third-order valence-corrected chi connectivity index (χ3v) is 10.6. The van der Waals surface area contributed by atoms with Crippen LogP contribution in [0.1, 0.15) is 147 Å². The van der Waals surface area contributed by atoms with Gasteiger partial charge in [0.25, 0.3) is 0 Å². The summed E-state index contributed by atoms with van der Waals surface area (Å²) in [4.78, 5) is 103. The molecule has 19 nitrogen and oxygen atoms in total. The van der Waals surface area contributed by atoms with Gasteiger partial charge in [0.2, 0.25) is 35.4 Å². The van der Waals surface area contributed by atoms with E-state index < -0.39 is 67.5 Å². The molecule has 0 aliphatic carbocycles. The van der Waals surface area contributed by atoms with Crippen LogP contribution in [0.15, 0.2) is 0 Å². The second-order valence-electron chi connectivity index (χ2n) is 19.0. The number of carbonyl (C=O) groups is 9. The number of nitrogens with two attached hydrogens (primary N) is 2. The number of rotatable bonds is 14. The maximum absolute atomic E-state index is 12.3. The summed E-state index contributed by atoms with van der Waals surface area (Å²) in [5, 5.41) is 21.3. The molecule has 0 aliphatic rings. The fraction of sp³-hybridized carbons (Fsp3) is 0.795. The van der Waals surface area contributed by atoms with Crippen molar-refractivity contribution in [2.24, 2.45) is 44.0 Å². The zero-order valence-corrected chi connectivity index (χ0v) is 41.9. The fourth-order valence-corrected chi connectivity index (χ4v) is 3.51. The summed E-state index contributed by atoms with van der Waals surface area (Å²) < 4.78 is 10.6. The zero-order chi connectivity index (χ0) is 49.3. The van der Waals surface area contributed by atoms with E-state index in [0.29, 0.717) is 0 Å². The van der Waals surface area contributed by atoms with Crippen molar-refractivity contribution in [3.63, 3.8) is 0 Å². The fourth-order valence-electron chi connectivity index (χ4n) is 3.51. The Hall–Kier alpha value is -4.62. The Morgan fingerprint density at radius 3 is 0.864 bits per heavy atom. The molecule has 22 heteroatoms. The van der Waals surface area contributed by atoms with E-state index in [-0.39, 0.29) is 96.7 Å². The van der Waals surface area contributed by atoms with Crippen LogP contribution < -0.4 is 38.1 Å². The quantitative estimate of drug-likeness (QED) is 0.0919. The van der Waals surface area contributed by atoms with E-state index in [9.17, 15) is 43.2 Å². The molecule has 0 aromatic heterocycles. The van der Waals surface area contributed by atoms with E-state index in [2.05, 4.69) is 26.6 Å². The number of primary amides is 1. The first-order valence-electron chi connectivity index (χ1n) is 19.3. The van der Waals surface area contributed by atoms with Crippen molar-refractivity contribution in [1.29, 1.82) is 0 Å². The molecule has 0 heterocycles. The number of hydrogen-bond donors (Lipinski definition) is 8. The molecule has 0 aliphatic heterocycles. The summed E-state index contributed by atoms with van der Waals surface area (Å²) in [7, 11) is 4.52. The van der Waals surface area contributed by atoms with Crippen molar-refractivity contribution in [2.45, 2.75) is 158 Å². The largest absolute Gasteiger partial charge is 0.481 e. The van der Waals surface area contributed by atoms with Crippen LogP contribution in [-0.4, -0.2) is 136 Å². The molecule has 0 saturated carbocycles. The predicted octanol–water partition coefficient (Wildman–Crippen LogP) is 2.55. The Kier molecular flexibility index (Phi) is 42.3. The van der Waals surface area contributed by atoms with Crippen molar-refractivity contribution in [3.05, 3.63) is 0 Å². The van der Waals surface area contributed by atoms with E-state index >= 15 is 0 Å². The molecule has 0 fully saturated rings. The summed E-state index contributed by atoms with van der Waals surface area (Å²) in [6.45, 7) is 29.8. The van der Waals surface area contributed by atoms with E-state index in [0.717, 1.165) is 0 Å². The molecule has 66 heavy (non-hydrogen) atoms. The highest BCUT2D eigenvalue weighted by Crippen LogP contribution is 2.42. The number of hydrogen-bond acceptors (Lipinski definition) is 12. The first kappa shape index (κ1) is 84.8. The van der Waals surface area contributed by atoms with Crippen molar-refractivity contribution >= 4 is 78.6 Å². The molecule has 0 aromatic carbocycles. The van der Waals surface area contributed by atoms with Crippen molar-refractivity contribution < 1.29 is 57.7 Å². The van der Waals surface area contributed by atoms with Gasteiger partial charge in [-0.2, -0.15) is 0 Å². The highest BCUT2D eigenvalue weighted by molar-refractivity contribution is 5.94. The highest BCUT2D eigenvalue weighted by atomic mass is 16.6. The first-order valence-corrected chi connectivity index (χ1v) is 19.3. The molecule has 10 N–H and O–H groups in total. The molecule has 0 unspecified atom stereocenters. The minimum absolute atomic E-state index is 0. The lowest BCUT2D eigenvalue weighted by Crippen LogP contribution is -2.53. The van der Waals surface area contributed by atoms with Gasteiger partial charge < -0.3 is 52.6 Å². The number of carboxylic acid groups (broad SMARTS) is 1. The SMILES string of the molecule is C.C.C.CC(C)(C)OC(=O)C(C)(C)C(C)(C)C(=O)O.CNC(=O)CN.CNC(=O)CNC(=O)C(C)(C)C(C)(C)C(=O)OC(C)(C)C.CNC(=O)CNC(=O)C(C)(C)C(C)(C)C(N)=O.[B].[B].[B]. The van der Waals surface area contributed by atoms with Gasteiger partial charge in [-0.25, -0.2) is 0 Å². The average Bonchev–Trinajstić information content (AvgIpc) is 3.10. The maximum atomic E-state index is 12.3. The van der Waals surface area contributed by atoms with Gasteiger partial charge in [-0.05, 0) is 96.9 Å². The maximum Gasteiger partial charge on any atom is 0.313 e. The van der Waals surface area contributed by atoms with Gasteiger partial charge in [0.15, 0.2) is 0 Å². The Morgan fingerprint density at radius 2 is 0.682 bits per heavy atom. The standard InChI is InChI=1S/C15H28N2O4.C12H22O4.C11H21N3O3.C3H8N2O.3CH4.3B/c1-13(2,3)21-12(20)15(6,7)14(4,5)11(19)17-9-10(18)16-8;1-10(2,3)16-9(15)12(6,7)11(4,5)8(13)14;1-10(2,8(12)16)11(3,4)9(17)14-6-7(15)13-5;1-5-3(6)2-4;;;;;;/h9H2,1-8H3,(H,16,18)(H,17,19);1-7H3,(H,13,14);6H2,1-5H3,(H2,12,16)(H,13,15)(H,14,17);2,4H2,1H3,(H,5,6);3*1H4;;;. The van der Waals surface area contributed by atoms with Crippen LogP contribution >= 0.6 is 0 Å². The zero-order valence-electron chi connectivity index (χ0n) is 41.9. The third kappa shape index (κ3) is 27.1. The summed E-state index contributed by atoms with van der Waals surface area (Å²) in [5.41, 5.74) is 2.62. The molecule has 0 saturated heterocycles. The number of amides is 6. The van der Waals surface area contributed by atoms with E-state index in [1.54, 1.807) is 118 Å². The van der Waals surface area contributed by atoms with Gasteiger partial charge >= 0.3 is 17.9 Å². The van der Waals surface area contributed by atoms with Gasteiger partial charge in [-0.1, -0.05) is 50.0 Å². The van der Waals surface area contributed by atoms with Crippen LogP contribution in [0.5, 0.6) is 0 Å². The van der Waals surface area contributed by atoms with Crippen molar-refractivity contribution in [3.8, 4) is 0 Å². The molecular formula is C44H91B3N7O12. The third-order valence-electron chi connectivity index (χ3n) is 10.6. The van der Waals surface area contributed by atoms with Crippen LogP contribution in [0, 0.1) is 32.5 Å². The lowest BCUT2D eigenvalue weighted by Gasteiger charge is -2.39. The van der Waals surface area contributed by atoms with E-state index in [4.69, 9.17) is 26.0 Å². The molecule has 0 rings (SSSR count). The van der Waals surface area contributed by atoms with E-state index in [1.165, 1.54) is 27.9 Å². The molecule has 0 bridgehead atoms. The smallest absolute Gasteiger partial charge is 0.313 e. The highest BCUT2D eigenvalue weighted by Gasteiger charge is 2.52. The number of aliphatic carboxylic acids is 1. The lowest BCUT2D eigenvalue weighted by molar-refractivity contribution is -0.180. The van der Waals surface area contributed by atoms with Gasteiger partial charge in [-0.3, -0.25) is 43.2 Å². The van der Waals surface area contributed by atoms with Crippen LogP contribution in [0.25, 0.3) is 0 Å². The summed E-state index contributed by atoms with van der Waals surface area (Å²) in [5.74, 6) is -3.99. The number of carboxylic acids is 1. The lowest BCUT2D eigenvalue weighted by atomic mass is 9.67. The number of esters is 2. The van der Waals surface area contributed by atoms with Crippen molar-refractivity contribution in [1.82, 2.24) is 26.6 Å². The summed E-state index contributed by atoms with van der Waals surface area (Å²) in [6.07, 6.45) is 0. The molecule has 0 atom stereocenters. The van der Waals surface area contributed by atoms with Gasteiger partial charge in [-0.15, -0.1) is 0 Å². The van der Waals surface area contributed by atoms with Gasteiger partial charge in [0, 0.05) is 46.4 Å².